The summed E-state index contributed by atoms with van der Waals surface area (Å²) in [6.07, 6.45) is 1.80. The van der Waals surface area contributed by atoms with Crippen LogP contribution in [0.25, 0.3) is 72.1 Å². The third kappa shape index (κ3) is 11.1. The number of benzene rings is 10. The molecule has 10 aromatic carbocycles. The molecule has 0 spiro atoms. The van der Waals surface area contributed by atoms with Gasteiger partial charge in [0, 0.05) is 63.1 Å². The number of hydrogen-bond donors (Lipinski definition) is 0. The van der Waals surface area contributed by atoms with Crippen LogP contribution in [-0.4, -0.2) is 16.2 Å². The normalized spacial score (nSPS) is 14.5. The van der Waals surface area contributed by atoms with Gasteiger partial charge in [-0.2, -0.15) is 0 Å². The highest BCUT2D eigenvalue weighted by Gasteiger charge is 2.32. The van der Waals surface area contributed by atoms with E-state index >= 15 is 0 Å². The van der Waals surface area contributed by atoms with E-state index in [2.05, 4.69) is 160 Å². The number of rotatable bonds is 11. The van der Waals surface area contributed by atoms with E-state index in [-0.39, 0.29) is 56.3 Å². The molecule has 6 heteroatoms. The molecule has 0 radical (unpaired) electrons. The van der Waals surface area contributed by atoms with Crippen molar-refractivity contribution in [3.8, 4) is 73.3 Å². The third-order valence-corrected chi connectivity index (χ3v) is 16.7. The van der Waals surface area contributed by atoms with E-state index in [9.17, 15) is 0 Å². The van der Waals surface area contributed by atoms with Crippen LogP contribution in [0.1, 0.15) is 119 Å². The molecule has 1 aliphatic heterocycles. The predicted octanol–water partition coefficient (Wildman–Crippen LogP) is 22.9. The molecule has 0 fully saturated rings. The first-order valence-electron chi connectivity index (χ1n) is 35.1. The molecule has 0 bridgehead atoms. The second-order valence-electron chi connectivity index (χ2n) is 27.1. The van der Waals surface area contributed by atoms with Crippen LogP contribution in [0.4, 0.5) is 22.7 Å². The average Bonchev–Trinajstić information content (AvgIpc) is 1.41. The molecule has 12 aromatic rings. The van der Waals surface area contributed by atoms with E-state index in [4.69, 9.17) is 28.2 Å². The number of pyridine rings is 1. The number of ether oxygens (including phenoxy) is 2. The fraction of sp³-hybridized carbons (Fsp3) is 0.207. The smallest absolute Gasteiger partial charge is 0.143 e. The van der Waals surface area contributed by atoms with E-state index in [1.165, 1.54) is 22.3 Å². The van der Waals surface area contributed by atoms with Gasteiger partial charge in [0.25, 0.3) is 0 Å². The minimum absolute atomic E-state index is 0.0872. The zero-order valence-corrected chi connectivity index (χ0v) is 52.1. The lowest BCUT2D eigenvalue weighted by Crippen LogP contribution is -2.24. The van der Waals surface area contributed by atoms with E-state index in [0.29, 0.717) is 28.8 Å². The highest BCUT2D eigenvalue weighted by molar-refractivity contribution is 6.09. The zero-order valence-electron chi connectivity index (χ0n) is 62.1. The molecule has 1 aliphatic rings. The summed E-state index contributed by atoms with van der Waals surface area (Å²) in [6, 6.07) is 53.9. The molecule has 6 nitrogen and oxygen atoms in total. The van der Waals surface area contributed by atoms with Crippen LogP contribution in [0.15, 0.2) is 243 Å². The van der Waals surface area contributed by atoms with Crippen LogP contribution >= 0.6 is 0 Å². The van der Waals surface area contributed by atoms with Crippen LogP contribution in [0.5, 0.6) is 23.0 Å². The second kappa shape index (κ2) is 22.3. The molecule has 88 heavy (non-hydrogen) atoms. The van der Waals surface area contributed by atoms with Crippen LogP contribution in [0.3, 0.4) is 0 Å². The molecule has 0 saturated heterocycles. The van der Waals surface area contributed by atoms with E-state index in [0.717, 1.165) is 61.2 Å². The quantitative estimate of drug-likeness (QED) is 0.129. The fourth-order valence-electron chi connectivity index (χ4n) is 11.8. The number of fused-ring (bicyclic) bond motifs is 4. The van der Waals surface area contributed by atoms with Crippen molar-refractivity contribution in [1.29, 1.82) is 0 Å². The van der Waals surface area contributed by atoms with Gasteiger partial charge in [0.15, 0.2) is 0 Å². The molecular formula is C82H78N4O2. The fourth-order valence-corrected chi connectivity index (χ4v) is 11.8. The van der Waals surface area contributed by atoms with Gasteiger partial charge in [0.2, 0.25) is 0 Å². The maximum atomic E-state index is 9.16. The molecule has 13 rings (SSSR count). The Morgan fingerprint density at radius 3 is 1.42 bits per heavy atom. The Bertz CT molecular complexity index is 4920. The van der Waals surface area contributed by atoms with E-state index < -0.39 is 60.4 Å². The van der Waals surface area contributed by atoms with Gasteiger partial charge in [-0.05, 0) is 115 Å². The largest absolute Gasteiger partial charge is 0.457 e. The maximum absolute atomic E-state index is 9.16. The maximum Gasteiger partial charge on any atom is 0.143 e. The Morgan fingerprint density at radius 2 is 0.864 bits per heavy atom. The highest BCUT2D eigenvalue weighted by atomic mass is 16.5. The first kappa shape index (κ1) is 46.6. The van der Waals surface area contributed by atoms with E-state index in [1.807, 2.05) is 94.7 Å². The summed E-state index contributed by atoms with van der Waals surface area (Å²) < 4.78 is 105. The minimum Gasteiger partial charge on any atom is -0.457 e. The van der Waals surface area contributed by atoms with Crippen LogP contribution in [-0.2, 0) is 21.7 Å². The molecule has 0 saturated carbocycles. The molecule has 0 amide bonds. The van der Waals surface area contributed by atoms with Gasteiger partial charge >= 0.3 is 0 Å². The average molecular weight is 1160 g/mol. The van der Waals surface area contributed by atoms with Crippen molar-refractivity contribution >= 4 is 44.6 Å². The van der Waals surface area contributed by atoms with Crippen molar-refractivity contribution in [2.24, 2.45) is 0 Å². The summed E-state index contributed by atoms with van der Waals surface area (Å²) in [5.41, 5.74) is 13.0. The van der Waals surface area contributed by atoms with Crippen molar-refractivity contribution in [2.45, 2.75) is 105 Å². The SMILES string of the molecule is [2H]c1c([2H])c([2H])c(-c2cccc(-c3c([2H])c([2H])c([2H])c([2H])c3[2H])c2N2CN(c3cccc(Oc4ccc5c6ccccc6n(-c6cc(Oc7c(-c8cc(C(C)(C)C)cc(C(C)(C)C)c8)cccc7-c7cc(C(C)(C)C)cc(C(C)(C)C)c7)ccn6)c5c4)c3)c3ccccc32)c([2H])c1[2H]. The minimum atomic E-state index is -0.560. The first-order valence-corrected chi connectivity index (χ1v) is 30.1. The molecule has 2 aromatic heterocycles. The summed E-state index contributed by atoms with van der Waals surface area (Å²) in [6.45, 7) is 27.3. The molecule has 0 unspecified atom stereocenters. The molecule has 3 heterocycles. The monoisotopic (exact) mass is 1160 g/mol. The lowest BCUT2D eigenvalue weighted by Gasteiger charge is -2.28. The summed E-state index contributed by atoms with van der Waals surface area (Å²) in [4.78, 5) is 9.04. The number of anilines is 4. The molecular weight excluding hydrogens is 1070 g/mol. The van der Waals surface area contributed by atoms with Crippen molar-refractivity contribution in [3.05, 3.63) is 265 Å². The number of para-hydroxylation sites is 5. The Labute approximate surface area is 534 Å². The third-order valence-electron chi connectivity index (χ3n) is 16.7. The summed E-state index contributed by atoms with van der Waals surface area (Å²) >= 11 is 0. The summed E-state index contributed by atoms with van der Waals surface area (Å²) in [7, 11) is 0. The van der Waals surface area contributed by atoms with Crippen molar-refractivity contribution in [1.82, 2.24) is 9.55 Å². The van der Waals surface area contributed by atoms with Gasteiger partial charge in [-0.1, -0.05) is 253 Å². The van der Waals surface area contributed by atoms with Crippen LogP contribution in [0.2, 0.25) is 0 Å². The number of hydrogen-bond acceptors (Lipinski definition) is 5. The molecule has 0 atom stereocenters. The molecule has 438 valence electrons. The van der Waals surface area contributed by atoms with Gasteiger partial charge in [0.05, 0.1) is 41.8 Å². The van der Waals surface area contributed by atoms with Crippen LogP contribution in [0, 0.1) is 0 Å². The summed E-state index contributed by atoms with van der Waals surface area (Å²) in [5.74, 6) is 3.07. The second-order valence-corrected chi connectivity index (χ2v) is 27.1. The Morgan fingerprint density at radius 1 is 0.386 bits per heavy atom. The van der Waals surface area contributed by atoms with Gasteiger partial charge in [-0.15, -0.1) is 0 Å². The standard InChI is InChI=1S/C82H78N4O2/c1-79(2,3)58-44-56(45-59(48-58)80(4,5)6)68-35-25-36-69(57-46-60(81(7,8)9)49-61(47-57)82(10,11)12)78(68)88-65-42-43-83-76(52-65)86-72-37-20-19-32-70(72)71-41-40-64(51-75(71)86)87-63-31-23-30-62(50-63)84-53-85(74-39-22-21-38-73(74)84)77-66(54-26-15-13-16-27-54)33-24-34-67(77)55-28-17-14-18-29-55/h13-52H,53H2,1-12H3/i13D,14D,15D,16D,17D,18D,26D,27D,28D,29D. The first-order chi connectivity index (χ1) is 46.3. The van der Waals surface area contributed by atoms with E-state index in [1.54, 1.807) is 24.4 Å². The van der Waals surface area contributed by atoms with Crippen LogP contribution < -0.4 is 19.3 Å². The van der Waals surface area contributed by atoms with Gasteiger partial charge < -0.3 is 19.3 Å². The number of aromatic nitrogens is 2. The molecule has 0 N–H and O–H groups in total. The van der Waals surface area contributed by atoms with Crippen molar-refractivity contribution in [2.75, 3.05) is 16.5 Å². The van der Waals surface area contributed by atoms with Gasteiger partial charge in [-0.3, -0.25) is 4.57 Å². The topological polar surface area (TPSA) is 42.8 Å². The van der Waals surface area contributed by atoms with Crippen molar-refractivity contribution < 1.29 is 23.2 Å². The molecule has 0 aliphatic carbocycles. The number of nitrogens with zero attached hydrogens (tertiary/aromatic N) is 4. The Hall–Kier alpha value is -9.65. The Kier molecular flexibility index (Phi) is 11.8. The lowest BCUT2D eigenvalue weighted by molar-refractivity contribution is 0.483. The van der Waals surface area contributed by atoms with Gasteiger partial charge in [-0.25, -0.2) is 4.98 Å². The summed E-state index contributed by atoms with van der Waals surface area (Å²) in [5, 5.41) is 2.02. The Balaban J connectivity index is 0.901. The lowest BCUT2D eigenvalue weighted by atomic mass is 9.78. The highest BCUT2D eigenvalue weighted by Crippen LogP contribution is 2.51. The zero-order chi connectivity index (χ0) is 70.0. The predicted molar refractivity (Wildman–Crippen MR) is 370 cm³/mol. The van der Waals surface area contributed by atoms with Crippen molar-refractivity contribution in [3.63, 3.8) is 0 Å². The van der Waals surface area contributed by atoms with Gasteiger partial charge in [0.1, 0.15) is 35.5 Å².